The van der Waals surface area contributed by atoms with Gasteiger partial charge in [-0.05, 0) is 44.2 Å². The minimum atomic E-state index is -3.91. The Hall–Kier alpha value is -1.72. The molecule has 0 atom stereocenters. The quantitative estimate of drug-likeness (QED) is 0.364. The first-order chi connectivity index (χ1) is 13.9. The Kier molecular flexibility index (Phi) is 7.12. The van der Waals surface area contributed by atoms with Crippen molar-refractivity contribution >= 4 is 60.5 Å². The van der Waals surface area contributed by atoms with Crippen LogP contribution in [0.25, 0.3) is 10.2 Å². The Balaban J connectivity index is 2.13. The number of aromatic nitrogens is 1. The summed E-state index contributed by atoms with van der Waals surface area (Å²) in [5.41, 5.74) is 1.16. The van der Waals surface area contributed by atoms with Crippen molar-refractivity contribution in [2.45, 2.75) is 24.6 Å². The highest BCUT2D eigenvalue weighted by Gasteiger charge is 2.18. The molecule has 156 valence electrons. The Labute approximate surface area is 181 Å². The molecule has 0 N–H and O–H groups in total. The lowest BCUT2D eigenvalue weighted by Gasteiger charge is -2.06. The monoisotopic (exact) mass is 474 g/mol. The van der Waals surface area contributed by atoms with Gasteiger partial charge in [-0.15, -0.1) is 15.7 Å². The van der Waals surface area contributed by atoms with Crippen LogP contribution in [0.15, 0.2) is 38.9 Å². The Morgan fingerprint density at radius 2 is 1.97 bits per heavy atom. The first-order valence-electron chi connectivity index (χ1n) is 8.80. The molecule has 11 heteroatoms. The molecule has 0 fully saturated rings. The van der Waals surface area contributed by atoms with Crippen LogP contribution < -0.4 is 4.80 Å². The number of carbonyl (C=O) groups is 1. The first kappa shape index (κ1) is 22.0. The van der Waals surface area contributed by atoms with Crippen LogP contribution in [0, 0.1) is 0 Å². The fraction of sp³-hybridized carbons (Fsp3) is 0.333. The maximum Gasteiger partial charge on any atom is 0.338 e. The number of thiophene rings is 1. The van der Waals surface area contributed by atoms with Crippen molar-refractivity contribution in [1.82, 2.24) is 4.57 Å². The zero-order chi connectivity index (χ0) is 21.0. The number of halogens is 1. The van der Waals surface area contributed by atoms with Gasteiger partial charge in [-0.25, -0.2) is 4.79 Å². The van der Waals surface area contributed by atoms with E-state index in [1.165, 1.54) is 23.5 Å². The number of ether oxygens (including phenoxy) is 2. The van der Waals surface area contributed by atoms with Gasteiger partial charge in [0, 0.05) is 13.2 Å². The maximum atomic E-state index is 12.7. The predicted molar refractivity (Wildman–Crippen MR) is 114 cm³/mol. The van der Waals surface area contributed by atoms with Gasteiger partial charge >= 0.3 is 5.97 Å². The van der Waals surface area contributed by atoms with E-state index in [4.69, 9.17) is 21.1 Å². The summed E-state index contributed by atoms with van der Waals surface area (Å²) in [6, 6.07) is 8.05. The van der Waals surface area contributed by atoms with Gasteiger partial charge < -0.3 is 14.0 Å². The fourth-order valence-corrected chi connectivity index (χ4v) is 6.34. The van der Waals surface area contributed by atoms with Crippen molar-refractivity contribution in [2.75, 3.05) is 19.8 Å². The Morgan fingerprint density at radius 1 is 1.17 bits per heavy atom. The lowest BCUT2D eigenvalue weighted by atomic mass is 10.2. The molecule has 0 radical (unpaired) electrons. The molecule has 0 bridgehead atoms. The van der Waals surface area contributed by atoms with E-state index < -0.39 is 16.0 Å². The number of carbonyl (C=O) groups excluding carboxylic acids is 1. The van der Waals surface area contributed by atoms with E-state index in [9.17, 15) is 13.2 Å². The van der Waals surface area contributed by atoms with Crippen LogP contribution in [0.2, 0.25) is 4.34 Å². The molecule has 7 nitrogen and oxygen atoms in total. The maximum absolute atomic E-state index is 12.7. The molecular formula is C18H19ClN2O5S3. The number of fused-ring (bicyclic) bond motifs is 1. The van der Waals surface area contributed by atoms with Gasteiger partial charge in [-0.2, -0.15) is 8.42 Å². The minimum Gasteiger partial charge on any atom is -0.462 e. The zero-order valence-corrected chi connectivity index (χ0v) is 19.0. The topological polar surface area (TPSA) is 87.0 Å². The number of benzene rings is 1. The molecular weight excluding hydrogens is 456 g/mol. The second-order valence-electron chi connectivity index (χ2n) is 5.76. The lowest BCUT2D eigenvalue weighted by molar-refractivity contribution is 0.0526. The molecule has 0 unspecified atom stereocenters. The molecule has 3 rings (SSSR count). The largest absolute Gasteiger partial charge is 0.462 e. The summed E-state index contributed by atoms with van der Waals surface area (Å²) in [4.78, 5) is 12.3. The van der Waals surface area contributed by atoms with Gasteiger partial charge in [-0.3, -0.25) is 0 Å². The number of thiazole rings is 1. The molecule has 0 aliphatic carbocycles. The summed E-state index contributed by atoms with van der Waals surface area (Å²) in [5, 5.41) is 0. The molecule has 29 heavy (non-hydrogen) atoms. The SMILES string of the molecule is CCOCCn1c(=NS(=O)(=O)c2ccc(Cl)s2)sc2cc(C(=O)OCC)ccc21. The van der Waals surface area contributed by atoms with Gasteiger partial charge in [-0.1, -0.05) is 22.9 Å². The standard InChI is InChI=1S/C18H19ClN2O5S3/c1-3-25-10-9-21-13-6-5-12(17(22)26-4-2)11-14(13)27-18(21)20-29(23,24)16-8-7-15(19)28-16/h5-8,11H,3-4,9-10H2,1-2H3. The molecule has 0 aliphatic heterocycles. The molecule has 0 spiro atoms. The molecule has 0 aliphatic rings. The van der Waals surface area contributed by atoms with E-state index in [2.05, 4.69) is 4.40 Å². The van der Waals surface area contributed by atoms with E-state index in [0.29, 0.717) is 34.5 Å². The van der Waals surface area contributed by atoms with Crippen molar-refractivity contribution in [3.05, 3.63) is 45.0 Å². The number of sulfonamides is 1. The number of hydrogen-bond donors (Lipinski definition) is 0. The summed E-state index contributed by atoms with van der Waals surface area (Å²) < 4.78 is 42.9. The second kappa shape index (κ2) is 9.40. The molecule has 2 aromatic heterocycles. The molecule has 3 aromatic rings. The lowest BCUT2D eigenvalue weighted by Crippen LogP contribution is -2.19. The van der Waals surface area contributed by atoms with Gasteiger partial charge in [0.25, 0.3) is 10.0 Å². The van der Waals surface area contributed by atoms with E-state index in [1.54, 1.807) is 29.7 Å². The van der Waals surface area contributed by atoms with Crippen LogP contribution in [0.5, 0.6) is 0 Å². The van der Waals surface area contributed by atoms with Gasteiger partial charge in [0.1, 0.15) is 4.21 Å². The van der Waals surface area contributed by atoms with Gasteiger partial charge in [0.15, 0.2) is 0 Å². The third-order valence-corrected chi connectivity index (χ3v) is 7.98. The summed E-state index contributed by atoms with van der Waals surface area (Å²) in [6.45, 7) is 5.28. The summed E-state index contributed by atoms with van der Waals surface area (Å²) >= 11 is 8.01. The Bertz CT molecular complexity index is 1190. The van der Waals surface area contributed by atoms with Crippen molar-refractivity contribution in [1.29, 1.82) is 0 Å². The van der Waals surface area contributed by atoms with Crippen LogP contribution in [-0.4, -0.2) is 38.8 Å². The van der Waals surface area contributed by atoms with Gasteiger partial charge in [0.2, 0.25) is 4.80 Å². The minimum absolute atomic E-state index is 0.0727. The van der Waals surface area contributed by atoms with Crippen LogP contribution in [0.1, 0.15) is 24.2 Å². The highest BCUT2D eigenvalue weighted by molar-refractivity contribution is 7.92. The summed E-state index contributed by atoms with van der Waals surface area (Å²) in [7, 11) is -3.91. The predicted octanol–water partition coefficient (Wildman–Crippen LogP) is 3.92. The van der Waals surface area contributed by atoms with Crippen molar-refractivity contribution in [3.8, 4) is 0 Å². The van der Waals surface area contributed by atoms with E-state index in [-0.39, 0.29) is 10.8 Å². The van der Waals surface area contributed by atoms with Crippen LogP contribution in [0.3, 0.4) is 0 Å². The van der Waals surface area contributed by atoms with E-state index >= 15 is 0 Å². The Morgan fingerprint density at radius 3 is 2.62 bits per heavy atom. The van der Waals surface area contributed by atoms with Crippen molar-refractivity contribution < 1.29 is 22.7 Å². The highest BCUT2D eigenvalue weighted by Crippen LogP contribution is 2.27. The summed E-state index contributed by atoms with van der Waals surface area (Å²) in [6.07, 6.45) is 0. The second-order valence-corrected chi connectivity index (χ2v) is 10.3. The third kappa shape index (κ3) is 5.07. The normalized spacial score (nSPS) is 12.6. The van der Waals surface area contributed by atoms with Gasteiger partial charge in [0.05, 0.1) is 33.3 Å². The summed E-state index contributed by atoms with van der Waals surface area (Å²) in [5.74, 6) is -0.428. The van der Waals surface area contributed by atoms with E-state index in [0.717, 1.165) is 21.6 Å². The van der Waals surface area contributed by atoms with Crippen molar-refractivity contribution in [3.63, 3.8) is 0 Å². The van der Waals surface area contributed by atoms with Crippen LogP contribution >= 0.6 is 34.3 Å². The van der Waals surface area contributed by atoms with Crippen molar-refractivity contribution in [2.24, 2.45) is 4.40 Å². The molecule has 0 saturated heterocycles. The number of esters is 1. The number of rotatable bonds is 8. The fourth-order valence-electron chi connectivity index (χ4n) is 2.59. The first-order valence-corrected chi connectivity index (χ1v) is 12.3. The average molecular weight is 475 g/mol. The van der Waals surface area contributed by atoms with Crippen LogP contribution in [-0.2, 0) is 26.0 Å². The number of hydrogen-bond acceptors (Lipinski definition) is 7. The molecule has 0 amide bonds. The van der Waals surface area contributed by atoms with Crippen LogP contribution in [0.4, 0.5) is 0 Å². The molecule has 1 aromatic carbocycles. The average Bonchev–Trinajstić information content (AvgIpc) is 3.25. The highest BCUT2D eigenvalue weighted by atomic mass is 35.5. The number of nitrogens with zero attached hydrogens (tertiary/aromatic N) is 2. The molecule has 2 heterocycles. The smallest absolute Gasteiger partial charge is 0.338 e. The zero-order valence-electron chi connectivity index (χ0n) is 15.8. The van der Waals surface area contributed by atoms with E-state index in [1.807, 2.05) is 6.92 Å². The third-order valence-electron chi connectivity index (χ3n) is 3.86. The molecule has 0 saturated carbocycles.